The second kappa shape index (κ2) is 6.79. The van der Waals surface area contributed by atoms with Gasteiger partial charge in [0.25, 0.3) is 5.91 Å². The molecule has 5 heteroatoms. The van der Waals surface area contributed by atoms with Gasteiger partial charge in [0.05, 0.1) is 19.9 Å². The fourth-order valence-electron chi connectivity index (χ4n) is 2.25. The van der Waals surface area contributed by atoms with Crippen molar-refractivity contribution in [3.05, 3.63) is 78.5 Å². The molecule has 0 aliphatic rings. The Labute approximate surface area is 134 Å². The number of anilines is 1. The number of carbonyl (C=O) groups excluding carboxylic acids is 1. The molecule has 2 heterocycles. The smallest absolute Gasteiger partial charge is 0.294 e. The Morgan fingerprint density at radius 1 is 1.13 bits per heavy atom. The van der Waals surface area contributed by atoms with Crippen LogP contribution in [0.2, 0.25) is 0 Å². The lowest BCUT2D eigenvalue weighted by Gasteiger charge is -2.22. The van der Waals surface area contributed by atoms with Crippen molar-refractivity contribution in [1.29, 1.82) is 0 Å². The fraction of sp³-hybridized carbons (Fsp3) is 0.111. The van der Waals surface area contributed by atoms with Gasteiger partial charge in [-0.1, -0.05) is 12.1 Å². The first-order valence-corrected chi connectivity index (χ1v) is 7.16. The summed E-state index contributed by atoms with van der Waals surface area (Å²) in [5, 5.41) is 0. The highest BCUT2D eigenvalue weighted by atomic mass is 16.5. The van der Waals surface area contributed by atoms with E-state index in [2.05, 4.69) is 4.98 Å². The summed E-state index contributed by atoms with van der Waals surface area (Å²) in [6.45, 7) is 0.424. The van der Waals surface area contributed by atoms with Gasteiger partial charge in [-0.3, -0.25) is 9.78 Å². The molecule has 2 aromatic heterocycles. The first-order valence-electron chi connectivity index (χ1n) is 7.16. The molecule has 0 unspecified atom stereocenters. The highest BCUT2D eigenvalue weighted by molar-refractivity contribution is 6.04. The molecule has 0 saturated carbocycles. The predicted octanol–water partition coefficient (Wildman–Crippen LogP) is 3.53. The van der Waals surface area contributed by atoms with E-state index in [-0.39, 0.29) is 5.91 Å². The SMILES string of the molecule is COc1ccc(CN(C(=O)c2ccco2)c2ccncc2)cc1. The van der Waals surface area contributed by atoms with Crippen LogP contribution in [0.25, 0.3) is 0 Å². The summed E-state index contributed by atoms with van der Waals surface area (Å²) in [6.07, 6.45) is 4.81. The van der Waals surface area contributed by atoms with Gasteiger partial charge >= 0.3 is 0 Å². The van der Waals surface area contributed by atoms with Gasteiger partial charge in [0.15, 0.2) is 5.76 Å². The number of aromatic nitrogens is 1. The summed E-state index contributed by atoms with van der Waals surface area (Å²) in [7, 11) is 1.62. The van der Waals surface area contributed by atoms with Crippen LogP contribution in [-0.4, -0.2) is 18.0 Å². The summed E-state index contributed by atoms with van der Waals surface area (Å²) in [5.41, 5.74) is 1.75. The van der Waals surface area contributed by atoms with Crippen LogP contribution in [0.1, 0.15) is 16.1 Å². The van der Waals surface area contributed by atoms with Gasteiger partial charge in [-0.15, -0.1) is 0 Å². The number of methoxy groups -OCH3 is 1. The van der Waals surface area contributed by atoms with E-state index in [0.29, 0.717) is 12.3 Å². The number of furan rings is 1. The second-order valence-corrected chi connectivity index (χ2v) is 4.92. The Morgan fingerprint density at radius 3 is 2.48 bits per heavy atom. The summed E-state index contributed by atoms with van der Waals surface area (Å²) >= 11 is 0. The maximum Gasteiger partial charge on any atom is 0.294 e. The van der Waals surface area contributed by atoms with Crippen molar-refractivity contribution < 1.29 is 13.9 Å². The number of hydrogen-bond donors (Lipinski definition) is 0. The van der Waals surface area contributed by atoms with E-state index in [9.17, 15) is 4.79 Å². The van der Waals surface area contributed by atoms with Crippen LogP contribution in [0.3, 0.4) is 0 Å². The minimum absolute atomic E-state index is 0.197. The van der Waals surface area contributed by atoms with E-state index in [1.54, 1.807) is 48.7 Å². The normalized spacial score (nSPS) is 10.3. The van der Waals surface area contributed by atoms with E-state index in [4.69, 9.17) is 9.15 Å². The number of hydrogen-bond acceptors (Lipinski definition) is 4. The quantitative estimate of drug-likeness (QED) is 0.723. The van der Waals surface area contributed by atoms with Crippen molar-refractivity contribution in [2.45, 2.75) is 6.54 Å². The lowest BCUT2D eigenvalue weighted by atomic mass is 10.2. The molecule has 0 saturated heterocycles. The minimum Gasteiger partial charge on any atom is -0.497 e. The van der Waals surface area contributed by atoms with Gasteiger partial charge in [0.2, 0.25) is 0 Å². The number of carbonyl (C=O) groups is 1. The molecule has 0 radical (unpaired) electrons. The molecular formula is C18H16N2O3. The number of benzene rings is 1. The monoisotopic (exact) mass is 308 g/mol. The number of ether oxygens (including phenoxy) is 1. The molecule has 0 aliphatic heterocycles. The van der Waals surface area contributed by atoms with E-state index < -0.39 is 0 Å². The maximum atomic E-state index is 12.7. The summed E-state index contributed by atoms with van der Waals surface area (Å²) in [5.74, 6) is 0.883. The van der Waals surface area contributed by atoms with E-state index in [1.807, 2.05) is 24.3 Å². The number of pyridine rings is 1. The predicted molar refractivity (Wildman–Crippen MR) is 86.5 cm³/mol. The Morgan fingerprint density at radius 2 is 1.87 bits per heavy atom. The average molecular weight is 308 g/mol. The molecule has 23 heavy (non-hydrogen) atoms. The van der Waals surface area contributed by atoms with Gasteiger partial charge < -0.3 is 14.1 Å². The molecule has 5 nitrogen and oxygen atoms in total. The average Bonchev–Trinajstić information content (AvgIpc) is 3.15. The third kappa shape index (κ3) is 3.40. The Hall–Kier alpha value is -3.08. The molecule has 0 N–H and O–H groups in total. The molecule has 0 bridgehead atoms. The number of amides is 1. The third-order valence-corrected chi connectivity index (χ3v) is 3.45. The number of nitrogens with zero attached hydrogens (tertiary/aromatic N) is 2. The molecule has 3 rings (SSSR count). The van der Waals surface area contributed by atoms with Crippen LogP contribution in [-0.2, 0) is 6.54 Å². The van der Waals surface area contributed by atoms with Crippen molar-refractivity contribution >= 4 is 11.6 Å². The van der Waals surface area contributed by atoms with Crippen LogP contribution in [0.5, 0.6) is 5.75 Å². The van der Waals surface area contributed by atoms with Crippen molar-refractivity contribution in [1.82, 2.24) is 4.98 Å². The lowest BCUT2D eigenvalue weighted by Crippen LogP contribution is -2.30. The van der Waals surface area contributed by atoms with Gasteiger partial charge in [-0.25, -0.2) is 0 Å². The van der Waals surface area contributed by atoms with Crippen molar-refractivity contribution in [3.63, 3.8) is 0 Å². The summed E-state index contributed by atoms with van der Waals surface area (Å²) < 4.78 is 10.4. The zero-order chi connectivity index (χ0) is 16.1. The Kier molecular flexibility index (Phi) is 4.38. The highest BCUT2D eigenvalue weighted by Gasteiger charge is 2.20. The molecule has 0 fully saturated rings. The molecule has 1 amide bonds. The highest BCUT2D eigenvalue weighted by Crippen LogP contribution is 2.21. The number of rotatable bonds is 5. The molecule has 116 valence electrons. The summed E-state index contributed by atoms with van der Waals surface area (Å²) in [4.78, 5) is 18.4. The van der Waals surface area contributed by atoms with E-state index in [0.717, 1.165) is 17.0 Å². The Balaban J connectivity index is 1.90. The van der Waals surface area contributed by atoms with Gasteiger partial charge in [0.1, 0.15) is 5.75 Å². The van der Waals surface area contributed by atoms with Gasteiger partial charge in [-0.05, 0) is 42.0 Å². The van der Waals surface area contributed by atoms with Gasteiger partial charge in [0, 0.05) is 18.1 Å². The van der Waals surface area contributed by atoms with Crippen LogP contribution in [0, 0.1) is 0 Å². The zero-order valence-electron chi connectivity index (χ0n) is 12.7. The van der Waals surface area contributed by atoms with Crippen molar-refractivity contribution in [2.24, 2.45) is 0 Å². The topological polar surface area (TPSA) is 55.6 Å². The molecule has 0 spiro atoms. The zero-order valence-corrected chi connectivity index (χ0v) is 12.7. The first kappa shape index (κ1) is 14.8. The van der Waals surface area contributed by atoms with Crippen LogP contribution < -0.4 is 9.64 Å². The third-order valence-electron chi connectivity index (χ3n) is 3.45. The van der Waals surface area contributed by atoms with Crippen LogP contribution in [0.4, 0.5) is 5.69 Å². The van der Waals surface area contributed by atoms with Crippen molar-refractivity contribution in [3.8, 4) is 5.75 Å². The summed E-state index contributed by atoms with van der Waals surface area (Å²) in [6, 6.07) is 14.6. The molecule has 1 aromatic carbocycles. The van der Waals surface area contributed by atoms with E-state index >= 15 is 0 Å². The Bertz CT molecular complexity index is 753. The standard InChI is InChI=1S/C18H16N2O3/c1-22-16-6-4-14(5-7-16)13-20(15-8-10-19-11-9-15)18(21)17-3-2-12-23-17/h2-12H,13H2,1H3. The van der Waals surface area contributed by atoms with Crippen LogP contribution in [0.15, 0.2) is 71.6 Å². The second-order valence-electron chi connectivity index (χ2n) is 4.92. The minimum atomic E-state index is -0.197. The molecule has 0 atom stereocenters. The van der Waals surface area contributed by atoms with Gasteiger partial charge in [-0.2, -0.15) is 0 Å². The molecule has 0 aliphatic carbocycles. The maximum absolute atomic E-state index is 12.7. The van der Waals surface area contributed by atoms with Crippen LogP contribution >= 0.6 is 0 Å². The lowest BCUT2D eigenvalue weighted by molar-refractivity contribution is 0.0958. The largest absolute Gasteiger partial charge is 0.497 e. The molecular weight excluding hydrogens is 292 g/mol. The van der Waals surface area contributed by atoms with E-state index in [1.165, 1.54) is 6.26 Å². The molecule has 3 aromatic rings. The van der Waals surface area contributed by atoms with Crippen molar-refractivity contribution in [2.75, 3.05) is 12.0 Å². The fourth-order valence-corrected chi connectivity index (χ4v) is 2.25. The first-order chi connectivity index (χ1) is 11.3.